The zero-order valence-corrected chi connectivity index (χ0v) is 20.8. The van der Waals surface area contributed by atoms with Gasteiger partial charge in [0.15, 0.2) is 0 Å². The predicted octanol–water partition coefficient (Wildman–Crippen LogP) is 6.50. The highest BCUT2D eigenvalue weighted by Gasteiger charge is 2.19. The lowest BCUT2D eigenvalue weighted by atomic mass is 10.1. The highest BCUT2D eigenvalue weighted by molar-refractivity contribution is 5.98. The molecular weight excluding hydrogens is 478 g/mol. The number of carbonyl (C=O) groups excluding carboxylic acids is 1. The maximum absolute atomic E-state index is 13.3. The number of fused-ring (bicyclic) bond motifs is 2. The second kappa shape index (κ2) is 9.05. The molecule has 0 aliphatic carbocycles. The summed E-state index contributed by atoms with van der Waals surface area (Å²) in [5.74, 6) is -0.420. The third-order valence-corrected chi connectivity index (χ3v) is 6.52. The minimum atomic E-state index is -1.02. The number of ether oxygens (including phenoxy) is 1. The molecule has 0 bridgehead atoms. The van der Waals surface area contributed by atoms with E-state index in [1.807, 2.05) is 83.8 Å². The fourth-order valence-electron chi connectivity index (χ4n) is 4.72. The van der Waals surface area contributed by atoms with Crippen LogP contribution in [0.5, 0.6) is 5.88 Å². The van der Waals surface area contributed by atoms with Crippen molar-refractivity contribution in [1.82, 2.24) is 14.1 Å². The van der Waals surface area contributed by atoms with Gasteiger partial charge in [-0.05, 0) is 86.1 Å². The maximum Gasteiger partial charge on any atom is 0.344 e. The average molecular weight is 502 g/mol. The van der Waals surface area contributed by atoms with Crippen molar-refractivity contribution in [3.63, 3.8) is 0 Å². The maximum atomic E-state index is 13.3. The van der Waals surface area contributed by atoms with Crippen molar-refractivity contribution >= 4 is 33.7 Å². The van der Waals surface area contributed by atoms with Crippen molar-refractivity contribution in [3.05, 3.63) is 120 Å². The van der Waals surface area contributed by atoms with Gasteiger partial charge in [-0.25, -0.2) is 14.6 Å². The van der Waals surface area contributed by atoms with Gasteiger partial charge in [0.25, 0.3) is 0 Å². The Morgan fingerprint density at radius 2 is 1.55 bits per heavy atom. The fraction of sp³-hybridized carbons (Fsp3) is 0.0645. The van der Waals surface area contributed by atoms with E-state index >= 15 is 0 Å². The van der Waals surface area contributed by atoms with Crippen LogP contribution in [0.1, 0.15) is 32.0 Å². The molecule has 0 amide bonds. The smallest absolute Gasteiger partial charge is 0.344 e. The Balaban J connectivity index is 1.39. The quantitative estimate of drug-likeness (QED) is 0.272. The molecule has 7 heteroatoms. The fourth-order valence-corrected chi connectivity index (χ4v) is 4.72. The van der Waals surface area contributed by atoms with E-state index in [-0.39, 0.29) is 5.56 Å². The van der Waals surface area contributed by atoms with Gasteiger partial charge in [0, 0.05) is 34.4 Å². The SMILES string of the molecule is Cc1cccc(-n2c(OC(=O)c3ccc4c(ccn4-c4cccc(C)n4)c3)cc3cc(C(=O)O)ccc32)c1. The number of esters is 1. The summed E-state index contributed by atoms with van der Waals surface area (Å²) < 4.78 is 9.73. The third kappa shape index (κ3) is 4.10. The molecule has 3 aromatic carbocycles. The van der Waals surface area contributed by atoms with E-state index in [1.165, 1.54) is 0 Å². The largest absolute Gasteiger partial charge is 0.478 e. The number of carbonyl (C=O) groups is 2. The van der Waals surface area contributed by atoms with E-state index in [4.69, 9.17) is 4.74 Å². The van der Waals surface area contributed by atoms with Crippen molar-refractivity contribution in [1.29, 1.82) is 0 Å². The zero-order chi connectivity index (χ0) is 26.4. The van der Waals surface area contributed by atoms with E-state index in [0.717, 1.165) is 39.2 Å². The van der Waals surface area contributed by atoms with Crippen molar-refractivity contribution in [3.8, 4) is 17.4 Å². The van der Waals surface area contributed by atoms with Gasteiger partial charge < -0.3 is 14.4 Å². The molecule has 0 aliphatic rings. The number of aryl methyl sites for hydroxylation is 2. The minimum Gasteiger partial charge on any atom is -0.478 e. The number of hydrogen-bond donors (Lipinski definition) is 1. The number of aromatic carboxylic acids is 1. The molecule has 0 unspecified atom stereocenters. The van der Waals surface area contributed by atoms with Crippen LogP contribution < -0.4 is 4.74 Å². The van der Waals surface area contributed by atoms with Crippen molar-refractivity contribution in [2.75, 3.05) is 0 Å². The molecule has 3 heterocycles. The lowest BCUT2D eigenvalue weighted by molar-refractivity contribution is 0.0693. The van der Waals surface area contributed by atoms with E-state index in [1.54, 1.807) is 36.4 Å². The number of carboxylic acids is 1. The summed E-state index contributed by atoms with van der Waals surface area (Å²) in [5.41, 5.74) is 5.00. The number of benzene rings is 3. The standard InChI is InChI=1S/C31H23N3O4/c1-19-5-3-7-25(15-19)34-27-12-9-22(30(35)36)17-24(27)18-29(34)38-31(37)23-10-11-26-21(16-23)13-14-33(26)28-8-4-6-20(2)32-28/h3-18H,1-2H3,(H,35,36). The summed E-state index contributed by atoms with van der Waals surface area (Å²) >= 11 is 0. The Hall–Kier alpha value is -5.17. The van der Waals surface area contributed by atoms with Gasteiger partial charge in [-0.15, -0.1) is 0 Å². The van der Waals surface area contributed by atoms with Crippen LogP contribution in [0.2, 0.25) is 0 Å². The second-order valence-corrected chi connectivity index (χ2v) is 9.22. The molecule has 38 heavy (non-hydrogen) atoms. The van der Waals surface area contributed by atoms with Gasteiger partial charge in [0.05, 0.1) is 22.2 Å². The molecule has 0 spiro atoms. The summed E-state index contributed by atoms with van der Waals surface area (Å²) in [6, 6.07) is 27.6. The number of pyridine rings is 1. The van der Waals surface area contributed by atoms with Crippen LogP contribution in [-0.4, -0.2) is 31.2 Å². The molecule has 3 aromatic heterocycles. The molecule has 0 fully saturated rings. The molecule has 0 saturated heterocycles. The summed E-state index contributed by atoms with van der Waals surface area (Å²) in [4.78, 5) is 29.5. The lowest BCUT2D eigenvalue weighted by Gasteiger charge is -2.12. The summed E-state index contributed by atoms with van der Waals surface area (Å²) in [7, 11) is 0. The molecule has 7 nitrogen and oxygen atoms in total. The Bertz CT molecular complexity index is 1880. The highest BCUT2D eigenvalue weighted by atomic mass is 16.5. The Kier molecular flexibility index (Phi) is 5.53. The van der Waals surface area contributed by atoms with Gasteiger partial charge in [0.1, 0.15) is 5.82 Å². The summed E-state index contributed by atoms with van der Waals surface area (Å²) in [6.45, 7) is 3.93. The molecule has 0 atom stereocenters. The molecule has 6 aromatic rings. The molecule has 6 rings (SSSR count). The van der Waals surface area contributed by atoms with Crippen LogP contribution in [0.25, 0.3) is 33.3 Å². The van der Waals surface area contributed by atoms with Crippen LogP contribution in [0.4, 0.5) is 0 Å². The first kappa shape index (κ1) is 23.2. The molecule has 0 aliphatic heterocycles. The van der Waals surface area contributed by atoms with Crippen molar-refractivity contribution in [2.24, 2.45) is 0 Å². The number of rotatable bonds is 5. The van der Waals surface area contributed by atoms with Gasteiger partial charge in [-0.1, -0.05) is 18.2 Å². The summed E-state index contributed by atoms with van der Waals surface area (Å²) in [5, 5.41) is 11.0. The Morgan fingerprint density at radius 1 is 0.789 bits per heavy atom. The van der Waals surface area contributed by atoms with Crippen LogP contribution in [0.15, 0.2) is 97.2 Å². The summed E-state index contributed by atoms with van der Waals surface area (Å²) in [6.07, 6.45) is 1.93. The van der Waals surface area contributed by atoms with Crippen LogP contribution in [0.3, 0.4) is 0 Å². The molecular formula is C31H23N3O4. The van der Waals surface area contributed by atoms with Crippen molar-refractivity contribution < 1.29 is 19.4 Å². The minimum absolute atomic E-state index is 0.162. The number of nitrogens with zero attached hydrogens (tertiary/aromatic N) is 3. The van der Waals surface area contributed by atoms with Crippen LogP contribution in [0, 0.1) is 13.8 Å². The topological polar surface area (TPSA) is 86.4 Å². The Morgan fingerprint density at radius 3 is 2.34 bits per heavy atom. The first-order valence-electron chi connectivity index (χ1n) is 12.1. The van der Waals surface area contributed by atoms with Gasteiger partial charge in [-0.2, -0.15) is 0 Å². The predicted molar refractivity (Wildman–Crippen MR) is 146 cm³/mol. The van der Waals surface area contributed by atoms with Gasteiger partial charge >= 0.3 is 11.9 Å². The van der Waals surface area contributed by atoms with E-state index in [2.05, 4.69) is 4.98 Å². The normalized spacial score (nSPS) is 11.2. The third-order valence-electron chi connectivity index (χ3n) is 6.52. The Labute approximate surface area is 218 Å². The first-order chi connectivity index (χ1) is 18.4. The van der Waals surface area contributed by atoms with Crippen molar-refractivity contribution in [2.45, 2.75) is 13.8 Å². The number of aromatic nitrogens is 3. The number of hydrogen-bond acceptors (Lipinski definition) is 4. The molecule has 186 valence electrons. The number of carboxylic acid groups (broad SMARTS) is 1. The van der Waals surface area contributed by atoms with E-state index in [9.17, 15) is 14.7 Å². The van der Waals surface area contributed by atoms with Gasteiger partial charge in [-0.3, -0.25) is 4.57 Å². The average Bonchev–Trinajstić information content (AvgIpc) is 3.48. The van der Waals surface area contributed by atoms with E-state index in [0.29, 0.717) is 16.8 Å². The molecule has 0 saturated carbocycles. The zero-order valence-electron chi connectivity index (χ0n) is 20.8. The highest BCUT2D eigenvalue weighted by Crippen LogP contribution is 2.32. The van der Waals surface area contributed by atoms with E-state index < -0.39 is 11.9 Å². The molecule has 0 radical (unpaired) electrons. The van der Waals surface area contributed by atoms with Crippen LogP contribution >= 0.6 is 0 Å². The molecule has 1 N–H and O–H groups in total. The monoisotopic (exact) mass is 501 g/mol. The first-order valence-corrected chi connectivity index (χ1v) is 12.1. The lowest BCUT2D eigenvalue weighted by Crippen LogP contribution is -2.11. The second-order valence-electron chi connectivity index (χ2n) is 9.22. The van der Waals surface area contributed by atoms with Crippen LogP contribution in [-0.2, 0) is 0 Å². The van der Waals surface area contributed by atoms with Gasteiger partial charge in [0.2, 0.25) is 5.88 Å².